The Labute approximate surface area is 114 Å². The average Bonchev–Trinajstić information content (AvgIpc) is 2.78. The third-order valence-corrected chi connectivity index (χ3v) is 3.37. The fourth-order valence-corrected chi connectivity index (χ4v) is 2.06. The van der Waals surface area contributed by atoms with Gasteiger partial charge in [-0.15, -0.1) is 0 Å². The Bertz CT molecular complexity index is 753. The minimum absolute atomic E-state index is 0.467. The van der Waals surface area contributed by atoms with Crippen LogP contribution in [-0.4, -0.2) is 15.1 Å². The predicted molar refractivity (Wildman–Crippen MR) is 73.8 cm³/mol. The van der Waals surface area contributed by atoms with Crippen LogP contribution in [0.2, 0.25) is 5.02 Å². The van der Waals surface area contributed by atoms with E-state index < -0.39 is 0 Å². The molecule has 5 nitrogen and oxygen atoms in total. The van der Waals surface area contributed by atoms with E-state index in [2.05, 4.69) is 20.4 Å². The van der Waals surface area contributed by atoms with Crippen molar-refractivity contribution in [2.45, 2.75) is 13.8 Å². The number of hydrogen-bond donors (Lipinski definition) is 1. The first-order valence-corrected chi connectivity index (χ1v) is 6.13. The van der Waals surface area contributed by atoms with Crippen molar-refractivity contribution in [3.8, 4) is 0 Å². The van der Waals surface area contributed by atoms with Gasteiger partial charge in [0, 0.05) is 10.7 Å². The number of hydrogen-bond acceptors (Lipinski definition) is 5. The van der Waals surface area contributed by atoms with Crippen LogP contribution in [0, 0.1) is 13.8 Å². The molecule has 0 atom stereocenters. The number of nitrogens with zero attached hydrogens (tertiary/aromatic N) is 3. The monoisotopic (exact) mass is 274 g/mol. The van der Waals surface area contributed by atoms with Gasteiger partial charge in [0.15, 0.2) is 0 Å². The topological polar surface area (TPSA) is 63.8 Å². The highest BCUT2D eigenvalue weighted by Crippen LogP contribution is 2.29. The molecule has 3 aromatic rings. The fraction of sp³-hybridized carbons (Fsp3) is 0.154. The quantitative estimate of drug-likeness (QED) is 0.773. The maximum atomic E-state index is 6.10. The molecule has 96 valence electrons. The van der Waals surface area contributed by atoms with Gasteiger partial charge in [-0.25, -0.2) is 4.98 Å². The lowest BCUT2D eigenvalue weighted by Gasteiger charge is -2.10. The van der Waals surface area contributed by atoms with E-state index in [4.69, 9.17) is 16.1 Å². The fourth-order valence-electron chi connectivity index (χ4n) is 1.89. The van der Waals surface area contributed by atoms with Gasteiger partial charge >= 0.3 is 0 Å². The highest BCUT2D eigenvalue weighted by atomic mass is 35.5. The molecule has 19 heavy (non-hydrogen) atoms. The molecule has 1 N–H and O–H groups in total. The largest absolute Gasteiger partial charge is 0.339 e. The smallest absolute Gasteiger partial charge is 0.263 e. The van der Waals surface area contributed by atoms with Gasteiger partial charge in [0.1, 0.15) is 17.5 Å². The normalized spacial score (nSPS) is 10.9. The molecule has 0 amide bonds. The molecule has 0 aliphatic carbocycles. The highest BCUT2D eigenvalue weighted by molar-refractivity contribution is 6.31. The number of aryl methyl sites for hydroxylation is 1. The van der Waals surface area contributed by atoms with E-state index in [9.17, 15) is 0 Å². The van der Waals surface area contributed by atoms with Crippen LogP contribution in [0.4, 0.5) is 11.5 Å². The van der Waals surface area contributed by atoms with Crippen LogP contribution in [-0.2, 0) is 0 Å². The van der Waals surface area contributed by atoms with E-state index in [-0.39, 0.29) is 0 Å². The number of halogens is 1. The van der Waals surface area contributed by atoms with Gasteiger partial charge in [-0.3, -0.25) is 0 Å². The van der Waals surface area contributed by atoms with E-state index >= 15 is 0 Å². The second-order valence-electron chi connectivity index (χ2n) is 4.21. The first kappa shape index (κ1) is 11.9. The molecule has 3 rings (SSSR count). The molecule has 2 aromatic heterocycles. The van der Waals surface area contributed by atoms with Gasteiger partial charge in [0.25, 0.3) is 5.71 Å². The molecule has 0 fully saturated rings. The molecule has 0 bridgehead atoms. The molecule has 0 aliphatic heterocycles. The number of anilines is 2. The SMILES string of the molecule is Cc1c(Cl)cccc1Nc1ncnc2onc(C)c12. The van der Waals surface area contributed by atoms with Gasteiger partial charge in [-0.2, -0.15) is 4.98 Å². The molecule has 0 spiro atoms. The lowest BCUT2D eigenvalue weighted by molar-refractivity contribution is 0.442. The summed E-state index contributed by atoms with van der Waals surface area (Å²) in [6, 6.07) is 5.68. The zero-order valence-corrected chi connectivity index (χ0v) is 11.2. The van der Waals surface area contributed by atoms with Crippen LogP contribution < -0.4 is 5.32 Å². The first-order valence-electron chi connectivity index (χ1n) is 5.76. The zero-order valence-electron chi connectivity index (χ0n) is 10.4. The van der Waals surface area contributed by atoms with E-state index in [0.29, 0.717) is 16.6 Å². The molecular weight excluding hydrogens is 264 g/mol. The Hall–Kier alpha value is -2.14. The summed E-state index contributed by atoms with van der Waals surface area (Å²) in [5, 5.41) is 8.63. The summed E-state index contributed by atoms with van der Waals surface area (Å²) in [4.78, 5) is 8.28. The predicted octanol–water partition coefficient (Wildman–Crippen LogP) is 3.63. The van der Waals surface area contributed by atoms with Gasteiger partial charge in [-0.1, -0.05) is 22.8 Å². The molecule has 0 unspecified atom stereocenters. The summed E-state index contributed by atoms with van der Waals surface area (Å²) in [6.07, 6.45) is 1.44. The van der Waals surface area contributed by atoms with E-state index in [1.165, 1.54) is 6.33 Å². The highest BCUT2D eigenvalue weighted by Gasteiger charge is 2.13. The van der Waals surface area contributed by atoms with Gasteiger partial charge in [0.2, 0.25) is 0 Å². The summed E-state index contributed by atoms with van der Waals surface area (Å²) in [5.74, 6) is 0.661. The third kappa shape index (κ3) is 2.02. The molecule has 2 heterocycles. The molecule has 1 aromatic carbocycles. The van der Waals surface area contributed by atoms with E-state index in [1.807, 2.05) is 32.0 Å². The summed E-state index contributed by atoms with van der Waals surface area (Å²) in [7, 11) is 0. The Morgan fingerprint density at radius 2 is 2.05 bits per heavy atom. The summed E-state index contributed by atoms with van der Waals surface area (Å²) in [5.41, 5.74) is 3.07. The molecule has 0 radical (unpaired) electrons. The standard InChI is InChI=1S/C13H11ClN4O/c1-7-9(14)4-3-5-10(7)17-12-11-8(2)18-19-13(11)16-6-15-12/h3-6H,1-2H3,(H,15,16,17). The Kier molecular flexibility index (Phi) is 2.83. The van der Waals surface area contributed by atoms with Crippen LogP contribution >= 0.6 is 11.6 Å². The van der Waals surface area contributed by atoms with Crippen LogP contribution in [0.5, 0.6) is 0 Å². The summed E-state index contributed by atoms with van der Waals surface area (Å²) >= 11 is 6.10. The van der Waals surface area contributed by atoms with Crippen molar-refractivity contribution >= 4 is 34.2 Å². The second kappa shape index (κ2) is 4.51. The average molecular weight is 275 g/mol. The number of fused-ring (bicyclic) bond motifs is 1. The van der Waals surface area contributed by atoms with Crippen molar-refractivity contribution in [3.05, 3.63) is 40.8 Å². The molecule has 6 heteroatoms. The minimum atomic E-state index is 0.467. The Morgan fingerprint density at radius 3 is 2.89 bits per heavy atom. The van der Waals surface area contributed by atoms with Crippen molar-refractivity contribution in [2.75, 3.05) is 5.32 Å². The van der Waals surface area contributed by atoms with E-state index in [0.717, 1.165) is 22.3 Å². The zero-order chi connectivity index (χ0) is 13.4. The molecule has 0 saturated carbocycles. The van der Waals surface area contributed by atoms with Crippen molar-refractivity contribution in [2.24, 2.45) is 0 Å². The maximum Gasteiger partial charge on any atom is 0.263 e. The summed E-state index contributed by atoms with van der Waals surface area (Å²) in [6.45, 7) is 3.80. The van der Waals surface area contributed by atoms with Gasteiger partial charge < -0.3 is 9.84 Å². The third-order valence-electron chi connectivity index (χ3n) is 2.96. The van der Waals surface area contributed by atoms with Gasteiger partial charge in [-0.05, 0) is 31.5 Å². The molecular formula is C13H11ClN4O. The van der Waals surface area contributed by atoms with Crippen molar-refractivity contribution in [1.82, 2.24) is 15.1 Å². The number of rotatable bonds is 2. The first-order chi connectivity index (χ1) is 9.16. The van der Waals surface area contributed by atoms with Crippen LogP contribution in [0.25, 0.3) is 11.1 Å². The van der Waals surface area contributed by atoms with Crippen molar-refractivity contribution < 1.29 is 4.52 Å². The second-order valence-corrected chi connectivity index (χ2v) is 4.62. The van der Waals surface area contributed by atoms with Crippen LogP contribution in [0.3, 0.4) is 0 Å². The Morgan fingerprint density at radius 1 is 1.21 bits per heavy atom. The van der Waals surface area contributed by atoms with Crippen molar-refractivity contribution in [1.29, 1.82) is 0 Å². The lowest BCUT2D eigenvalue weighted by Crippen LogP contribution is -1.97. The minimum Gasteiger partial charge on any atom is -0.339 e. The number of nitrogens with one attached hydrogen (secondary N) is 1. The molecule has 0 aliphatic rings. The van der Waals surface area contributed by atoms with Crippen LogP contribution in [0.15, 0.2) is 29.0 Å². The van der Waals surface area contributed by atoms with Gasteiger partial charge in [0.05, 0.1) is 5.69 Å². The van der Waals surface area contributed by atoms with Crippen molar-refractivity contribution in [3.63, 3.8) is 0 Å². The Balaban J connectivity index is 2.11. The number of benzene rings is 1. The van der Waals surface area contributed by atoms with Crippen LogP contribution in [0.1, 0.15) is 11.3 Å². The van der Waals surface area contributed by atoms with E-state index in [1.54, 1.807) is 0 Å². The summed E-state index contributed by atoms with van der Waals surface area (Å²) < 4.78 is 5.11. The number of aromatic nitrogens is 3. The molecule has 0 saturated heterocycles. The maximum absolute atomic E-state index is 6.10. The lowest BCUT2D eigenvalue weighted by atomic mass is 10.2.